The van der Waals surface area contributed by atoms with Gasteiger partial charge in [0, 0.05) is 12.6 Å². The van der Waals surface area contributed by atoms with Crippen molar-refractivity contribution in [2.75, 3.05) is 6.54 Å². The van der Waals surface area contributed by atoms with Crippen LogP contribution in [-0.4, -0.2) is 35.5 Å². The zero-order valence-corrected chi connectivity index (χ0v) is 9.64. The number of hydrogen-bond acceptors (Lipinski definition) is 1. The summed E-state index contributed by atoms with van der Waals surface area (Å²) in [4.78, 5) is 12.2. The Morgan fingerprint density at radius 2 is 1.61 bits per heavy atom. The van der Waals surface area contributed by atoms with E-state index in [2.05, 4.69) is 0 Å². The summed E-state index contributed by atoms with van der Waals surface area (Å²) in [5, 5.41) is 0. The molecule has 1 aliphatic carbocycles. The minimum atomic E-state index is -5.81. The molecular weight excluding hydrogens is 257 g/mol. The highest BCUT2D eigenvalue weighted by molar-refractivity contribution is 5.85. The lowest BCUT2D eigenvalue weighted by atomic mass is 9.85. The summed E-state index contributed by atoms with van der Waals surface area (Å²) in [5.41, 5.74) is 0. The lowest BCUT2D eigenvalue weighted by Gasteiger charge is -2.33. The monoisotopic (exact) mass is 271 g/mol. The number of amides is 1. The van der Waals surface area contributed by atoms with Gasteiger partial charge in [-0.15, -0.1) is 0 Å². The van der Waals surface area contributed by atoms with Crippen LogP contribution in [0, 0.1) is 5.92 Å². The third kappa shape index (κ3) is 2.07. The highest BCUT2D eigenvalue weighted by Crippen LogP contribution is 2.42. The Balaban J connectivity index is 2.15. The Bertz CT molecular complexity index is 341. The second-order valence-electron chi connectivity index (χ2n) is 4.97. The van der Waals surface area contributed by atoms with Crippen LogP contribution in [0.25, 0.3) is 0 Å². The van der Waals surface area contributed by atoms with E-state index >= 15 is 0 Å². The van der Waals surface area contributed by atoms with Gasteiger partial charge in [0.15, 0.2) is 0 Å². The number of hydrogen-bond donors (Lipinski definition) is 0. The topological polar surface area (TPSA) is 20.3 Å². The summed E-state index contributed by atoms with van der Waals surface area (Å²) in [6, 6.07) is -0.431. The standard InChI is InChI=1S/C11H14F5NO/c12-10(13,11(14,15)16)9(18)17-6-5-7-3-1-2-4-8(7)17/h7-8H,1-6H2. The smallest absolute Gasteiger partial charge is 0.334 e. The molecule has 0 spiro atoms. The van der Waals surface area contributed by atoms with Crippen molar-refractivity contribution in [3.05, 3.63) is 0 Å². The Hall–Kier alpha value is -0.880. The molecule has 0 aromatic rings. The van der Waals surface area contributed by atoms with Crippen molar-refractivity contribution in [3.8, 4) is 0 Å². The minimum absolute atomic E-state index is 0.0137. The van der Waals surface area contributed by atoms with Gasteiger partial charge >= 0.3 is 18.0 Å². The first-order valence-electron chi connectivity index (χ1n) is 6.01. The van der Waals surface area contributed by atoms with Crippen LogP contribution >= 0.6 is 0 Å². The number of alkyl halides is 5. The summed E-state index contributed by atoms with van der Waals surface area (Å²) in [5.74, 6) is -7.25. The molecule has 2 unspecified atom stereocenters. The number of fused-ring (bicyclic) bond motifs is 1. The Labute approximate surface area is 101 Å². The van der Waals surface area contributed by atoms with Crippen LogP contribution in [0.15, 0.2) is 0 Å². The molecule has 7 heteroatoms. The summed E-state index contributed by atoms with van der Waals surface area (Å²) >= 11 is 0. The second-order valence-corrected chi connectivity index (χ2v) is 4.97. The quantitative estimate of drug-likeness (QED) is 0.671. The summed E-state index contributed by atoms with van der Waals surface area (Å²) in [6.07, 6.45) is -2.20. The Kier molecular flexibility index (Phi) is 3.27. The molecule has 1 saturated carbocycles. The van der Waals surface area contributed by atoms with E-state index in [0.717, 1.165) is 24.2 Å². The molecule has 0 aromatic carbocycles. The molecule has 2 fully saturated rings. The number of carbonyl (C=O) groups is 1. The van der Waals surface area contributed by atoms with Crippen LogP contribution < -0.4 is 0 Å². The zero-order valence-electron chi connectivity index (χ0n) is 9.64. The minimum Gasteiger partial charge on any atom is -0.334 e. The molecule has 1 saturated heterocycles. The van der Waals surface area contributed by atoms with Crippen molar-refractivity contribution in [2.45, 2.75) is 50.2 Å². The lowest BCUT2D eigenvalue weighted by molar-refractivity contribution is -0.275. The van der Waals surface area contributed by atoms with Gasteiger partial charge in [-0.05, 0) is 25.2 Å². The number of nitrogens with zero attached hydrogens (tertiary/aromatic N) is 1. The maximum absolute atomic E-state index is 13.0. The largest absolute Gasteiger partial charge is 0.463 e. The van der Waals surface area contributed by atoms with Gasteiger partial charge in [-0.2, -0.15) is 22.0 Å². The fourth-order valence-electron chi connectivity index (χ4n) is 2.96. The maximum atomic E-state index is 13.0. The third-order valence-electron chi connectivity index (χ3n) is 3.90. The van der Waals surface area contributed by atoms with Gasteiger partial charge in [-0.3, -0.25) is 4.79 Å². The molecule has 0 aromatic heterocycles. The summed E-state index contributed by atoms with van der Waals surface area (Å²) in [6.45, 7) is 0.0137. The molecule has 2 aliphatic rings. The molecule has 2 rings (SSSR count). The number of rotatable bonds is 1. The SMILES string of the molecule is O=C(N1CCC2CCCCC21)C(F)(F)C(F)(F)F. The van der Waals surface area contributed by atoms with Gasteiger partial charge in [-0.25, -0.2) is 0 Å². The van der Waals surface area contributed by atoms with E-state index in [0.29, 0.717) is 12.8 Å². The maximum Gasteiger partial charge on any atom is 0.463 e. The Morgan fingerprint density at radius 3 is 2.22 bits per heavy atom. The van der Waals surface area contributed by atoms with E-state index < -0.39 is 24.0 Å². The van der Waals surface area contributed by atoms with Gasteiger partial charge < -0.3 is 4.90 Å². The predicted octanol–water partition coefficient (Wildman–Crippen LogP) is 2.98. The average molecular weight is 271 g/mol. The lowest BCUT2D eigenvalue weighted by Crippen LogP contribution is -2.54. The molecule has 1 amide bonds. The van der Waals surface area contributed by atoms with Crippen molar-refractivity contribution in [1.29, 1.82) is 0 Å². The van der Waals surface area contributed by atoms with Gasteiger partial charge in [0.25, 0.3) is 0 Å². The van der Waals surface area contributed by atoms with E-state index in [4.69, 9.17) is 0 Å². The second kappa shape index (κ2) is 4.35. The molecule has 1 heterocycles. The molecule has 1 aliphatic heterocycles. The molecule has 2 atom stereocenters. The zero-order chi connectivity index (χ0) is 13.6. The fourth-order valence-corrected chi connectivity index (χ4v) is 2.96. The first kappa shape index (κ1) is 13.5. The van der Waals surface area contributed by atoms with E-state index in [1.54, 1.807) is 0 Å². The van der Waals surface area contributed by atoms with Crippen LogP contribution in [0.1, 0.15) is 32.1 Å². The third-order valence-corrected chi connectivity index (χ3v) is 3.90. The summed E-state index contributed by atoms with van der Waals surface area (Å²) < 4.78 is 62.5. The number of halogens is 5. The molecule has 18 heavy (non-hydrogen) atoms. The van der Waals surface area contributed by atoms with Crippen molar-refractivity contribution in [2.24, 2.45) is 5.92 Å². The Morgan fingerprint density at radius 1 is 1.00 bits per heavy atom. The molecule has 0 bridgehead atoms. The van der Waals surface area contributed by atoms with Gasteiger partial charge in [0.05, 0.1) is 0 Å². The number of carbonyl (C=O) groups excluding carboxylic acids is 1. The normalized spacial score (nSPS) is 29.3. The van der Waals surface area contributed by atoms with Crippen molar-refractivity contribution < 1.29 is 26.7 Å². The van der Waals surface area contributed by atoms with Gasteiger partial charge in [-0.1, -0.05) is 12.8 Å². The van der Waals surface area contributed by atoms with E-state index in [1.807, 2.05) is 0 Å². The summed E-state index contributed by atoms with van der Waals surface area (Å²) in [7, 11) is 0. The van der Waals surface area contributed by atoms with Crippen molar-refractivity contribution >= 4 is 5.91 Å². The van der Waals surface area contributed by atoms with E-state index in [9.17, 15) is 26.7 Å². The van der Waals surface area contributed by atoms with Crippen molar-refractivity contribution in [1.82, 2.24) is 4.90 Å². The van der Waals surface area contributed by atoms with Crippen LogP contribution in [0.4, 0.5) is 22.0 Å². The van der Waals surface area contributed by atoms with Crippen LogP contribution in [0.3, 0.4) is 0 Å². The van der Waals surface area contributed by atoms with Crippen molar-refractivity contribution in [3.63, 3.8) is 0 Å². The molecule has 104 valence electrons. The molecular formula is C11H14F5NO. The number of likely N-dealkylation sites (tertiary alicyclic amines) is 1. The van der Waals surface area contributed by atoms with Crippen LogP contribution in [0.5, 0.6) is 0 Å². The average Bonchev–Trinajstić information content (AvgIpc) is 2.70. The van der Waals surface area contributed by atoms with Gasteiger partial charge in [0.2, 0.25) is 0 Å². The van der Waals surface area contributed by atoms with E-state index in [-0.39, 0.29) is 12.5 Å². The molecule has 0 radical (unpaired) electrons. The first-order valence-corrected chi connectivity index (χ1v) is 6.01. The predicted molar refractivity (Wildman–Crippen MR) is 53.1 cm³/mol. The van der Waals surface area contributed by atoms with Crippen LogP contribution in [0.2, 0.25) is 0 Å². The molecule has 2 nitrogen and oxygen atoms in total. The van der Waals surface area contributed by atoms with E-state index in [1.165, 1.54) is 0 Å². The fraction of sp³-hybridized carbons (Fsp3) is 0.909. The highest BCUT2D eigenvalue weighted by atomic mass is 19.4. The highest BCUT2D eigenvalue weighted by Gasteiger charge is 2.65. The van der Waals surface area contributed by atoms with Gasteiger partial charge in [0.1, 0.15) is 0 Å². The first-order chi connectivity index (χ1) is 8.25. The molecule has 0 N–H and O–H groups in total. The van der Waals surface area contributed by atoms with Crippen LogP contribution in [-0.2, 0) is 4.79 Å².